The first-order valence-electron chi connectivity index (χ1n) is 7.12. The molecular formula is C15H21ClN2O3S. The number of carbonyl (C=O) groups excluding carboxylic acids is 1. The van der Waals surface area contributed by atoms with E-state index in [1.807, 2.05) is 50.2 Å². The summed E-state index contributed by atoms with van der Waals surface area (Å²) in [6.07, 6.45) is -0.0279. The van der Waals surface area contributed by atoms with Crippen LogP contribution in [0.1, 0.15) is 23.6 Å². The van der Waals surface area contributed by atoms with Crippen molar-refractivity contribution in [3.05, 3.63) is 35.4 Å². The lowest BCUT2D eigenvalue weighted by atomic mass is 10.0. The van der Waals surface area contributed by atoms with Crippen LogP contribution < -0.4 is 0 Å². The fourth-order valence-electron chi connectivity index (χ4n) is 2.67. The largest absolute Gasteiger partial charge is 0.339 e. The van der Waals surface area contributed by atoms with Gasteiger partial charge >= 0.3 is 0 Å². The molecule has 1 amide bonds. The highest BCUT2D eigenvalue weighted by molar-refractivity contribution is 8.14. The van der Waals surface area contributed by atoms with Crippen molar-refractivity contribution in [1.82, 2.24) is 9.80 Å². The SMILES string of the molecule is Cc1ccc(C(CN2CC(S(=O)(=O)Cl)CC2=O)N(C)C)cc1. The topological polar surface area (TPSA) is 57.7 Å². The highest BCUT2D eigenvalue weighted by atomic mass is 35.7. The number of amides is 1. The molecule has 5 nitrogen and oxygen atoms in total. The van der Waals surface area contributed by atoms with Crippen molar-refractivity contribution in [3.63, 3.8) is 0 Å². The van der Waals surface area contributed by atoms with E-state index < -0.39 is 14.3 Å². The van der Waals surface area contributed by atoms with Gasteiger partial charge < -0.3 is 9.80 Å². The third-order valence-corrected chi connectivity index (χ3v) is 5.92. The van der Waals surface area contributed by atoms with Crippen molar-refractivity contribution in [3.8, 4) is 0 Å². The van der Waals surface area contributed by atoms with E-state index in [9.17, 15) is 13.2 Å². The van der Waals surface area contributed by atoms with Crippen LogP contribution in [-0.2, 0) is 13.8 Å². The Morgan fingerprint density at radius 2 is 1.91 bits per heavy atom. The maximum atomic E-state index is 12.1. The summed E-state index contributed by atoms with van der Waals surface area (Å²) in [7, 11) is 5.58. The second kappa shape index (κ2) is 6.56. The molecule has 1 aliphatic heterocycles. The number of rotatable bonds is 5. The van der Waals surface area contributed by atoms with Crippen LogP contribution in [0.15, 0.2) is 24.3 Å². The standard InChI is InChI=1S/C15H21ClN2O3S/c1-11-4-6-12(7-5-11)14(17(2)3)10-18-9-13(8-15(18)19)22(16,20)21/h4-7,13-14H,8-10H2,1-3H3. The minimum absolute atomic E-state index is 0.0151. The Balaban J connectivity index is 2.15. The number of hydrogen-bond donors (Lipinski definition) is 0. The minimum atomic E-state index is -3.70. The predicted octanol–water partition coefficient (Wildman–Crippen LogP) is 1.77. The molecule has 1 aliphatic rings. The first kappa shape index (κ1) is 17.2. The molecule has 7 heteroatoms. The van der Waals surface area contributed by atoms with E-state index in [2.05, 4.69) is 0 Å². The van der Waals surface area contributed by atoms with E-state index in [0.717, 1.165) is 5.56 Å². The molecule has 1 heterocycles. The van der Waals surface area contributed by atoms with Gasteiger partial charge in [-0.2, -0.15) is 0 Å². The number of hydrogen-bond acceptors (Lipinski definition) is 4. The van der Waals surface area contributed by atoms with Gasteiger partial charge in [0.25, 0.3) is 0 Å². The Hall–Kier alpha value is -1.11. The van der Waals surface area contributed by atoms with E-state index in [4.69, 9.17) is 10.7 Å². The molecular weight excluding hydrogens is 324 g/mol. The number of nitrogens with zero attached hydrogens (tertiary/aromatic N) is 2. The first-order valence-corrected chi connectivity index (χ1v) is 9.50. The molecule has 0 aliphatic carbocycles. The number of likely N-dealkylation sites (N-methyl/N-ethyl adjacent to an activating group) is 1. The maximum Gasteiger partial charge on any atom is 0.237 e. The maximum absolute atomic E-state index is 12.1. The van der Waals surface area contributed by atoms with Crippen molar-refractivity contribution >= 4 is 25.6 Å². The quantitative estimate of drug-likeness (QED) is 0.764. The number of carbonyl (C=O) groups is 1. The van der Waals surface area contributed by atoms with Gasteiger partial charge in [-0.15, -0.1) is 0 Å². The zero-order chi connectivity index (χ0) is 16.5. The number of aryl methyl sites for hydroxylation is 1. The van der Waals surface area contributed by atoms with Gasteiger partial charge in [0.2, 0.25) is 15.0 Å². The summed E-state index contributed by atoms with van der Waals surface area (Å²) in [5.74, 6) is -0.159. The van der Waals surface area contributed by atoms with Crippen LogP contribution in [0.3, 0.4) is 0 Å². The number of halogens is 1. The van der Waals surface area contributed by atoms with Gasteiger partial charge in [0, 0.05) is 30.2 Å². The van der Waals surface area contributed by atoms with Crippen LogP contribution in [0.2, 0.25) is 0 Å². The Morgan fingerprint density at radius 1 is 1.32 bits per heavy atom. The summed E-state index contributed by atoms with van der Waals surface area (Å²) >= 11 is 0. The van der Waals surface area contributed by atoms with Crippen LogP contribution in [0.25, 0.3) is 0 Å². The van der Waals surface area contributed by atoms with Gasteiger partial charge in [-0.3, -0.25) is 4.79 Å². The van der Waals surface area contributed by atoms with Gasteiger partial charge in [0.1, 0.15) is 5.25 Å². The van der Waals surface area contributed by atoms with E-state index in [1.165, 1.54) is 5.56 Å². The van der Waals surface area contributed by atoms with Crippen LogP contribution in [0.4, 0.5) is 0 Å². The van der Waals surface area contributed by atoms with Crippen LogP contribution >= 0.6 is 10.7 Å². The van der Waals surface area contributed by atoms with Gasteiger partial charge in [-0.25, -0.2) is 8.42 Å². The molecule has 1 aromatic rings. The highest BCUT2D eigenvalue weighted by Gasteiger charge is 2.38. The number of benzene rings is 1. The predicted molar refractivity (Wildman–Crippen MR) is 87.4 cm³/mol. The third kappa shape index (κ3) is 4.00. The minimum Gasteiger partial charge on any atom is -0.339 e. The molecule has 122 valence electrons. The Bertz CT molecular complexity index is 643. The molecule has 0 bridgehead atoms. The molecule has 2 atom stereocenters. The van der Waals surface area contributed by atoms with Crippen molar-refractivity contribution in [2.45, 2.75) is 24.6 Å². The zero-order valence-corrected chi connectivity index (χ0v) is 14.6. The highest BCUT2D eigenvalue weighted by Crippen LogP contribution is 2.26. The zero-order valence-electron chi connectivity index (χ0n) is 13.0. The molecule has 0 saturated carbocycles. The lowest BCUT2D eigenvalue weighted by Gasteiger charge is -2.29. The van der Waals surface area contributed by atoms with Crippen LogP contribution in [0, 0.1) is 6.92 Å². The molecule has 0 aromatic heterocycles. The summed E-state index contributed by atoms with van der Waals surface area (Å²) in [6.45, 7) is 2.65. The summed E-state index contributed by atoms with van der Waals surface area (Å²) in [5, 5.41) is -0.803. The summed E-state index contributed by atoms with van der Waals surface area (Å²) < 4.78 is 22.9. The van der Waals surface area contributed by atoms with E-state index in [0.29, 0.717) is 6.54 Å². The van der Waals surface area contributed by atoms with Crippen molar-refractivity contribution in [2.75, 3.05) is 27.2 Å². The van der Waals surface area contributed by atoms with Gasteiger partial charge in [0.05, 0.1) is 6.04 Å². The fraction of sp³-hybridized carbons (Fsp3) is 0.533. The van der Waals surface area contributed by atoms with Crippen molar-refractivity contribution < 1.29 is 13.2 Å². The second-order valence-corrected chi connectivity index (χ2v) is 8.90. The normalized spacial score (nSPS) is 20.7. The fourth-order valence-corrected chi connectivity index (χ4v) is 3.72. The van der Waals surface area contributed by atoms with Crippen LogP contribution in [-0.4, -0.2) is 56.6 Å². The lowest BCUT2D eigenvalue weighted by Crippen LogP contribution is -2.36. The molecule has 0 N–H and O–H groups in total. The Morgan fingerprint density at radius 3 is 2.36 bits per heavy atom. The van der Waals surface area contributed by atoms with Crippen molar-refractivity contribution in [2.24, 2.45) is 0 Å². The van der Waals surface area contributed by atoms with E-state index in [1.54, 1.807) is 4.90 Å². The molecule has 2 rings (SSSR count). The molecule has 1 fully saturated rings. The summed E-state index contributed by atoms with van der Waals surface area (Å²) in [5.41, 5.74) is 2.27. The molecule has 22 heavy (non-hydrogen) atoms. The first-order chi connectivity index (χ1) is 10.2. The Labute approximate surface area is 136 Å². The molecule has 1 saturated heterocycles. The average molecular weight is 345 g/mol. The average Bonchev–Trinajstić information content (AvgIpc) is 2.78. The molecule has 0 spiro atoms. The second-order valence-electron chi connectivity index (χ2n) is 5.99. The molecule has 0 radical (unpaired) electrons. The van der Waals surface area contributed by atoms with Gasteiger partial charge in [-0.1, -0.05) is 29.8 Å². The monoisotopic (exact) mass is 344 g/mol. The van der Waals surface area contributed by atoms with Gasteiger partial charge in [-0.05, 0) is 26.6 Å². The van der Waals surface area contributed by atoms with Gasteiger partial charge in [0.15, 0.2) is 0 Å². The molecule has 2 unspecified atom stereocenters. The summed E-state index contributed by atoms with van der Waals surface area (Å²) in [6, 6.07) is 8.15. The van der Waals surface area contributed by atoms with Crippen LogP contribution in [0.5, 0.6) is 0 Å². The van der Waals surface area contributed by atoms with E-state index in [-0.39, 0.29) is 24.9 Å². The third-order valence-electron chi connectivity index (χ3n) is 4.06. The summed E-state index contributed by atoms with van der Waals surface area (Å²) in [4.78, 5) is 15.7. The van der Waals surface area contributed by atoms with Crippen molar-refractivity contribution in [1.29, 1.82) is 0 Å². The smallest absolute Gasteiger partial charge is 0.237 e. The molecule has 1 aromatic carbocycles. The Kier molecular flexibility index (Phi) is 5.14. The van der Waals surface area contributed by atoms with E-state index >= 15 is 0 Å². The number of likely N-dealkylation sites (tertiary alicyclic amines) is 1. The lowest BCUT2D eigenvalue weighted by molar-refractivity contribution is -0.128.